The Morgan fingerprint density at radius 2 is 1.90 bits per heavy atom. The molecule has 1 aliphatic heterocycles. The molecule has 2 aromatic rings. The highest BCUT2D eigenvalue weighted by molar-refractivity contribution is 6.08. The number of imide groups is 1. The predicted molar refractivity (Wildman–Crippen MR) is 72.7 cm³/mol. The minimum Gasteiger partial charge on any atom is -0.382 e. The van der Waals surface area contributed by atoms with Crippen LogP contribution < -0.4 is 5.73 Å². The number of nitrogens with two attached hydrogens (primary N) is 1. The van der Waals surface area contributed by atoms with Crippen molar-refractivity contribution >= 4 is 28.8 Å². The summed E-state index contributed by atoms with van der Waals surface area (Å²) < 4.78 is 1.86. The van der Waals surface area contributed by atoms with E-state index in [-0.39, 0.29) is 23.7 Å². The summed E-state index contributed by atoms with van der Waals surface area (Å²) in [5.74, 6) is 0.279. The van der Waals surface area contributed by atoms with Gasteiger partial charge in [0.2, 0.25) is 11.8 Å². The molecule has 2 amide bonds. The number of nitrogen functional groups attached to an aromatic ring is 1. The van der Waals surface area contributed by atoms with E-state index in [0.717, 1.165) is 6.42 Å². The molecule has 0 radical (unpaired) electrons. The van der Waals surface area contributed by atoms with Crippen molar-refractivity contribution in [1.29, 1.82) is 0 Å². The Labute approximate surface area is 120 Å². The third-order valence-corrected chi connectivity index (χ3v) is 4.17. The van der Waals surface area contributed by atoms with Crippen LogP contribution in [0.1, 0.15) is 12.8 Å². The Balaban J connectivity index is 1.44. The highest BCUT2D eigenvalue weighted by Gasteiger charge is 2.58. The van der Waals surface area contributed by atoms with Crippen LogP contribution in [0.3, 0.4) is 0 Å². The lowest BCUT2D eigenvalue weighted by Gasteiger charge is -2.16. The Kier molecular flexibility index (Phi) is 2.47. The number of amides is 2. The molecule has 1 saturated heterocycles. The maximum absolute atomic E-state index is 11.9. The number of likely N-dealkylation sites (tertiary alicyclic amines) is 1. The van der Waals surface area contributed by atoms with Gasteiger partial charge in [0.1, 0.15) is 11.8 Å². The monoisotopic (exact) mass is 286 g/mol. The molecule has 8 heteroatoms. The zero-order valence-corrected chi connectivity index (χ0v) is 11.3. The fourth-order valence-electron chi connectivity index (χ4n) is 2.93. The first kappa shape index (κ1) is 12.2. The molecule has 21 heavy (non-hydrogen) atoms. The van der Waals surface area contributed by atoms with Crippen LogP contribution in [0, 0.1) is 11.8 Å². The maximum Gasteiger partial charge on any atom is 0.233 e. The molecular formula is C13H14N6O2. The predicted octanol–water partition coefficient (Wildman–Crippen LogP) is -0.196. The van der Waals surface area contributed by atoms with E-state index in [1.165, 1.54) is 11.2 Å². The summed E-state index contributed by atoms with van der Waals surface area (Å²) in [7, 11) is 0. The molecule has 0 spiro atoms. The zero-order chi connectivity index (χ0) is 14.6. The van der Waals surface area contributed by atoms with Crippen molar-refractivity contribution in [2.45, 2.75) is 19.4 Å². The van der Waals surface area contributed by atoms with E-state index < -0.39 is 0 Å². The highest BCUT2D eigenvalue weighted by atomic mass is 16.2. The minimum absolute atomic E-state index is 0.00735. The fourth-order valence-corrected chi connectivity index (χ4v) is 2.93. The Bertz CT molecular complexity index is 734. The van der Waals surface area contributed by atoms with Crippen LogP contribution in [0.15, 0.2) is 12.7 Å². The average Bonchev–Trinajstić information content (AvgIpc) is 3.11. The van der Waals surface area contributed by atoms with Crippen molar-refractivity contribution in [2.75, 3.05) is 12.3 Å². The van der Waals surface area contributed by atoms with Crippen molar-refractivity contribution in [1.82, 2.24) is 24.4 Å². The number of piperidine rings is 1. The number of carbonyl (C=O) groups is 2. The first-order valence-electron chi connectivity index (χ1n) is 6.93. The van der Waals surface area contributed by atoms with Gasteiger partial charge in [0, 0.05) is 13.1 Å². The largest absolute Gasteiger partial charge is 0.382 e. The number of hydrogen-bond donors (Lipinski definition) is 1. The second-order valence-corrected chi connectivity index (χ2v) is 5.50. The number of aryl methyl sites for hydroxylation is 1. The fraction of sp³-hybridized carbons (Fsp3) is 0.462. The van der Waals surface area contributed by atoms with E-state index in [4.69, 9.17) is 5.73 Å². The second kappa shape index (κ2) is 4.24. The van der Waals surface area contributed by atoms with Crippen molar-refractivity contribution in [2.24, 2.45) is 11.8 Å². The van der Waals surface area contributed by atoms with Gasteiger partial charge in [-0.05, 0) is 12.8 Å². The quantitative estimate of drug-likeness (QED) is 0.780. The molecule has 0 bridgehead atoms. The molecule has 8 nitrogen and oxygen atoms in total. The lowest BCUT2D eigenvalue weighted by Crippen LogP contribution is -2.34. The molecule has 1 saturated carbocycles. The second-order valence-electron chi connectivity index (χ2n) is 5.50. The third-order valence-electron chi connectivity index (χ3n) is 4.17. The van der Waals surface area contributed by atoms with Gasteiger partial charge in [0.25, 0.3) is 0 Å². The highest BCUT2D eigenvalue weighted by Crippen LogP contribution is 2.46. The van der Waals surface area contributed by atoms with Gasteiger partial charge in [-0.25, -0.2) is 15.0 Å². The van der Waals surface area contributed by atoms with Crippen molar-refractivity contribution in [3.63, 3.8) is 0 Å². The summed E-state index contributed by atoms with van der Waals surface area (Å²) in [6, 6.07) is 0. The molecule has 4 rings (SSSR count). The zero-order valence-electron chi connectivity index (χ0n) is 11.3. The van der Waals surface area contributed by atoms with E-state index in [1.54, 1.807) is 6.33 Å². The van der Waals surface area contributed by atoms with Crippen LogP contribution in [0.5, 0.6) is 0 Å². The van der Waals surface area contributed by atoms with E-state index in [2.05, 4.69) is 15.0 Å². The number of rotatable bonds is 4. The lowest BCUT2D eigenvalue weighted by atomic mass is 10.3. The summed E-state index contributed by atoms with van der Waals surface area (Å²) in [4.78, 5) is 37.3. The molecule has 3 heterocycles. The number of aromatic nitrogens is 4. The van der Waals surface area contributed by atoms with Crippen molar-refractivity contribution in [3.8, 4) is 0 Å². The summed E-state index contributed by atoms with van der Waals surface area (Å²) in [5, 5.41) is 0. The van der Waals surface area contributed by atoms with Gasteiger partial charge in [0.15, 0.2) is 11.5 Å². The molecule has 2 aliphatic rings. The third kappa shape index (κ3) is 1.78. The Morgan fingerprint density at radius 3 is 2.67 bits per heavy atom. The standard InChI is InChI=1S/C13H14N6O2/c14-10-9-11(16-5-15-10)18(6-17-9)2-1-3-19-12(20)7-4-8(7)13(19)21/h5-8H,1-4H2,(H2,14,15,16). The van der Waals surface area contributed by atoms with Gasteiger partial charge in [-0.2, -0.15) is 0 Å². The number of fused-ring (bicyclic) bond motifs is 2. The SMILES string of the molecule is Nc1ncnc2c1ncn2CCCN1C(=O)C2CC2C1=O. The molecule has 2 fully saturated rings. The van der Waals surface area contributed by atoms with Gasteiger partial charge >= 0.3 is 0 Å². The van der Waals surface area contributed by atoms with Crippen molar-refractivity contribution < 1.29 is 9.59 Å². The van der Waals surface area contributed by atoms with Gasteiger partial charge in [-0.3, -0.25) is 14.5 Å². The van der Waals surface area contributed by atoms with Crippen LogP contribution >= 0.6 is 0 Å². The van der Waals surface area contributed by atoms with Gasteiger partial charge in [-0.15, -0.1) is 0 Å². The molecule has 108 valence electrons. The summed E-state index contributed by atoms with van der Waals surface area (Å²) in [6.45, 7) is 1.07. The first-order valence-corrected chi connectivity index (χ1v) is 6.93. The van der Waals surface area contributed by atoms with Crippen molar-refractivity contribution in [3.05, 3.63) is 12.7 Å². The molecule has 2 atom stereocenters. The smallest absolute Gasteiger partial charge is 0.233 e. The van der Waals surface area contributed by atoms with E-state index in [0.29, 0.717) is 36.5 Å². The van der Waals surface area contributed by atoms with Crippen LogP contribution in [0.25, 0.3) is 11.2 Å². The summed E-state index contributed by atoms with van der Waals surface area (Å²) >= 11 is 0. The number of nitrogens with zero attached hydrogens (tertiary/aromatic N) is 5. The minimum atomic E-state index is -0.0286. The van der Waals surface area contributed by atoms with E-state index in [9.17, 15) is 9.59 Å². The van der Waals surface area contributed by atoms with Gasteiger partial charge < -0.3 is 10.3 Å². The average molecular weight is 286 g/mol. The first-order chi connectivity index (χ1) is 10.2. The Hall–Kier alpha value is -2.51. The topological polar surface area (TPSA) is 107 Å². The molecule has 2 aromatic heterocycles. The van der Waals surface area contributed by atoms with Crippen LogP contribution in [-0.2, 0) is 16.1 Å². The molecule has 2 unspecified atom stereocenters. The number of carbonyl (C=O) groups excluding carboxylic acids is 2. The normalized spacial score (nSPS) is 23.9. The van der Waals surface area contributed by atoms with Gasteiger partial charge in [0.05, 0.1) is 18.2 Å². The van der Waals surface area contributed by atoms with E-state index >= 15 is 0 Å². The van der Waals surface area contributed by atoms with Crippen LogP contribution in [0.2, 0.25) is 0 Å². The molecule has 1 aliphatic carbocycles. The lowest BCUT2D eigenvalue weighted by molar-refractivity contribution is -0.141. The Morgan fingerprint density at radius 1 is 1.14 bits per heavy atom. The number of imidazole rings is 1. The maximum atomic E-state index is 11.9. The van der Waals surface area contributed by atoms with Gasteiger partial charge in [-0.1, -0.05) is 0 Å². The number of anilines is 1. The summed E-state index contributed by atoms with van der Waals surface area (Å²) in [6.07, 6.45) is 4.47. The van der Waals surface area contributed by atoms with Crippen LogP contribution in [0.4, 0.5) is 5.82 Å². The molecule has 0 aromatic carbocycles. The molecule has 2 N–H and O–H groups in total. The summed E-state index contributed by atoms with van der Waals surface area (Å²) in [5.41, 5.74) is 6.98. The number of hydrogen-bond acceptors (Lipinski definition) is 6. The van der Waals surface area contributed by atoms with E-state index in [1.807, 2.05) is 4.57 Å². The van der Waals surface area contributed by atoms with Crippen LogP contribution in [-0.4, -0.2) is 42.8 Å². The molecular weight excluding hydrogens is 272 g/mol.